The second kappa shape index (κ2) is 16.9. The van der Waals surface area contributed by atoms with Crippen molar-refractivity contribution in [2.75, 3.05) is 9.80 Å². The van der Waals surface area contributed by atoms with Gasteiger partial charge in [-0.25, -0.2) is 0 Å². The smallest absolute Gasteiger partial charge is 0.145 e. The minimum atomic E-state index is -0.186. The molecule has 0 amide bonds. The van der Waals surface area contributed by atoms with E-state index in [0.717, 1.165) is 89.3 Å². The highest BCUT2D eigenvalue weighted by molar-refractivity contribution is 6.27. The van der Waals surface area contributed by atoms with Crippen LogP contribution in [0.1, 0.15) is 25.0 Å². The first-order valence-electron chi connectivity index (χ1n) is 25.2. The number of furan rings is 1. The molecular weight excluding hydrogens is 887 g/mol. The Hall–Kier alpha value is -9.38. The SMILES string of the molecule is CC1(C)c2ccccc2-c2ccc(N(c3ccccc3)c3cc(-c4cc5c6ccccc6n(-c6ccccc6)c5c5c4oc4ccccc45)cc(N(c4ccccc4)c4ccc(-c5ccccc5)cc4)c3)cc21. The first-order valence-corrected chi connectivity index (χ1v) is 25.2. The van der Waals surface area contributed by atoms with Crippen LogP contribution in [0.5, 0.6) is 0 Å². The van der Waals surface area contributed by atoms with Crippen LogP contribution in [0.25, 0.3) is 82.8 Å². The van der Waals surface area contributed by atoms with Crippen LogP contribution >= 0.6 is 0 Å². The Morgan fingerprint density at radius 3 is 1.60 bits per heavy atom. The van der Waals surface area contributed by atoms with Crippen molar-refractivity contribution in [2.24, 2.45) is 0 Å². The highest BCUT2D eigenvalue weighted by atomic mass is 16.3. The molecule has 0 radical (unpaired) electrons. The van der Waals surface area contributed by atoms with Gasteiger partial charge >= 0.3 is 0 Å². The summed E-state index contributed by atoms with van der Waals surface area (Å²) < 4.78 is 9.61. The van der Waals surface area contributed by atoms with E-state index in [1.165, 1.54) is 38.8 Å². The van der Waals surface area contributed by atoms with Crippen LogP contribution in [0.3, 0.4) is 0 Å². The summed E-state index contributed by atoms with van der Waals surface area (Å²) in [5, 5.41) is 4.52. The number of benzene rings is 11. The third-order valence-electron chi connectivity index (χ3n) is 15.1. The molecule has 0 N–H and O–H groups in total. The lowest BCUT2D eigenvalue weighted by Crippen LogP contribution is -2.17. The van der Waals surface area contributed by atoms with Gasteiger partial charge in [-0.1, -0.05) is 178 Å². The van der Waals surface area contributed by atoms with Gasteiger partial charge in [-0.15, -0.1) is 0 Å². The molecule has 0 bridgehead atoms. The van der Waals surface area contributed by atoms with Crippen LogP contribution in [0.15, 0.2) is 265 Å². The van der Waals surface area contributed by atoms with Gasteiger partial charge in [0.15, 0.2) is 0 Å². The van der Waals surface area contributed by atoms with Crippen molar-refractivity contribution < 1.29 is 4.42 Å². The fraction of sp³-hybridized carbons (Fsp3) is 0.0435. The topological polar surface area (TPSA) is 24.6 Å². The van der Waals surface area contributed by atoms with E-state index in [1.807, 2.05) is 0 Å². The summed E-state index contributed by atoms with van der Waals surface area (Å²) >= 11 is 0. The predicted octanol–water partition coefficient (Wildman–Crippen LogP) is 19.3. The molecule has 2 heterocycles. The van der Waals surface area contributed by atoms with Crippen molar-refractivity contribution >= 4 is 77.9 Å². The highest BCUT2D eigenvalue weighted by Crippen LogP contribution is 2.52. The first kappa shape index (κ1) is 42.5. The third-order valence-corrected chi connectivity index (χ3v) is 15.1. The lowest BCUT2D eigenvalue weighted by atomic mass is 9.82. The summed E-state index contributed by atoms with van der Waals surface area (Å²) in [5.74, 6) is 0. The molecule has 0 fully saturated rings. The highest BCUT2D eigenvalue weighted by Gasteiger charge is 2.36. The fourth-order valence-electron chi connectivity index (χ4n) is 11.7. The number of hydrogen-bond donors (Lipinski definition) is 0. The van der Waals surface area contributed by atoms with E-state index in [9.17, 15) is 0 Å². The molecule has 1 aliphatic rings. The third kappa shape index (κ3) is 6.90. The van der Waals surface area contributed by atoms with E-state index in [2.05, 4.69) is 289 Å². The summed E-state index contributed by atoms with van der Waals surface area (Å²) in [5.41, 5.74) is 20.8. The van der Waals surface area contributed by atoms with Gasteiger partial charge in [0.2, 0.25) is 0 Å². The zero-order valence-electron chi connectivity index (χ0n) is 40.6. The monoisotopic (exact) mass is 935 g/mol. The van der Waals surface area contributed by atoms with Crippen LogP contribution in [0.4, 0.5) is 34.1 Å². The molecule has 11 aromatic carbocycles. The van der Waals surface area contributed by atoms with Crippen molar-refractivity contribution in [1.29, 1.82) is 0 Å². The van der Waals surface area contributed by atoms with E-state index in [1.54, 1.807) is 0 Å². The maximum absolute atomic E-state index is 7.19. The van der Waals surface area contributed by atoms with E-state index >= 15 is 0 Å². The van der Waals surface area contributed by atoms with Gasteiger partial charge in [-0.2, -0.15) is 0 Å². The van der Waals surface area contributed by atoms with Gasteiger partial charge in [0.1, 0.15) is 11.2 Å². The van der Waals surface area contributed by atoms with Crippen LogP contribution < -0.4 is 9.80 Å². The Kier molecular flexibility index (Phi) is 9.84. The number of anilines is 6. The molecule has 73 heavy (non-hydrogen) atoms. The van der Waals surface area contributed by atoms with Crippen LogP contribution in [0.2, 0.25) is 0 Å². The minimum Gasteiger partial charge on any atom is -0.455 e. The normalized spacial score (nSPS) is 12.6. The van der Waals surface area contributed by atoms with Gasteiger partial charge in [0.05, 0.1) is 16.4 Å². The first-order chi connectivity index (χ1) is 36.0. The van der Waals surface area contributed by atoms with E-state index in [4.69, 9.17) is 4.42 Å². The average molecular weight is 936 g/mol. The largest absolute Gasteiger partial charge is 0.455 e. The molecule has 4 heteroatoms. The Bertz CT molecular complexity index is 4210. The summed E-state index contributed by atoms with van der Waals surface area (Å²) in [4.78, 5) is 4.83. The van der Waals surface area contributed by atoms with Crippen molar-refractivity contribution in [3.63, 3.8) is 0 Å². The molecule has 4 nitrogen and oxygen atoms in total. The van der Waals surface area contributed by atoms with E-state index < -0.39 is 0 Å². The van der Waals surface area contributed by atoms with E-state index in [-0.39, 0.29) is 5.41 Å². The molecule has 0 atom stereocenters. The lowest BCUT2D eigenvalue weighted by molar-refractivity contribution is 0.660. The van der Waals surface area contributed by atoms with Crippen LogP contribution in [-0.2, 0) is 5.41 Å². The van der Waals surface area contributed by atoms with Gasteiger partial charge in [0.25, 0.3) is 0 Å². The summed E-state index contributed by atoms with van der Waals surface area (Å²) in [6.45, 7) is 4.72. The Labute approximate surface area is 424 Å². The van der Waals surface area contributed by atoms with Gasteiger partial charge in [0, 0.05) is 66.9 Å². The molecule has 13 aromatic rings. The van der Waals surface area contributed by atoms with Crippen molar-refractivity contribution in [2.45, 2.75) is 19.3 Å². The molecule has 0 saturated carbocycles. The number of nitrogens with zero attached hydrogens (tertiary/aromatic N) is 3. The zero-order chi connectivity index (χ0) is 48.6. The van der Waals surface area contributed by atoms with Crippen molar-refractivity contribution in [3.8, 4) is 39.1 Å². The standard InChI is InChI=1S/C69H49N3O/c1-69(2)62-32-18-15-29-56(62)57-40-39-53(44-63(57)69)71(50-25-11-5-12-26-50)55-42-48(41-54(43-55)70(49-23-9-4-10-24-49)52-37-35-47(36-38-52)46-21-7-3-8-22-46)60-45-61-58-30-16-19-33-64(58)72(51-27-13-6-14-28-51)67(61)66-59-31-17-20-34-65(59)73-68(60)66/h3-45H,1-2H3. The Balaban J connectivity index is 1.07. The summed E-state index contributed by atoms with van der Waals surface area (Å²) in [7, 11) is 0. The molecule has 0 unspecified atom stereocenters. The zero-order valence-corrected chi connectivity index (χ0v) is 40.6. The minimum absolute atomic E-state index is 0.186. The maximum Gasteiger partial charge on any atom is 0.145 e. The molecule has 1 aliphatic carbocycles. The summed E-state index contributed by atoms with van der Waals surface area (Å²) in [6.07, 6.45) is 0. The number of fused-ring (bicyclic) bond motifs is 10. The number of para-hydroxylation sites is 5. The quantitative estimate of drug-likeness (QED) is 0.144. The van der Waals surface area contributed by atoms with Crippen molar-refractivity contribution in [3.05, 3.63) is 272 Å². The average Bonchev–Trinajstić information content (AvgIpc) is 4.07. The molecule has 0 aliphatic heterocycles. The fourth-order valence-corrected chi connectivity index (χ4v) is 11.7. The van der Waals surface area contributed by atoms with Crippen molar-refractivity contribution in [1.82, 2.24) is 4.57 Å². The lowest BCUT2D eigenvalue weighted by Gasteiger charge is -2.31. The van der Waals surface area contributed by atoms with Crippen LogP contribution in [0, 0.1) is 0 Å². The molecule has 0 spiro atoms. The maximum atomic E-state index is 7.19. The number of aromatic nitrogens is 1. The van der Waals surface area contributed by atoms with Crippen LogP contribution in [-0.4, -0.2) is 4.57 Å². The molecule has 14 rings (SSSR count). The second-order valence-corrected chi connectivity index (χ2v) is 19.7. The van der Waals surface area contributed by atoms with Gasteiger partial charge in [-0.05, 0) is 136 Å². The number of hydrogen-bond acceptors (Lipinski definition) is 3. The van der Waals surface area contributed by atoms with E-state index in [0.29, 0.717) is 0 Å². The number of rotatable bonds is 9. The summed E-state index contributed by atoms with van der Waals surface area (Å²) in [6, 6.07) is 94.6. The predicted molar refractivity (Wildman–Crippen MR) is 306 cm³/mol. The van der Waals surface area contributed by atoms with Gasteiger partial charge < -0.3 is 18.8 Å². The molecular formula is C69H49N3O. The second-order valence-electron chi connectivity index (χ2n) is 19.7. The molecule has 346 valence electrons. The molecule has 2 aromatic heterocycles. The Morgan fingerprint density at radius 1 is 0.356 bits per heavy atom. The molecule has 0 saturated heterocycles. The Morgan fingerprint density at radius 2 is 0.890 bits per heavy atom. The van der Waals surface area contributed by atoms with Gasteiger partial charge in [-0.3, -0.25) is 0 Å².